The smallest absolute Gasteiger partial charge is 0.0192 e. The summed E-state index contributed by atoms with van der Waals surface area (Å²) in [4.78, 5) is 4.83. The summed E-state index contributed by atoms with van der Waals surface area (Å²) in [7, 11) is 4.29. The highest BCUT2D eigenvalue weighted by Gasteiger charge is 2.10. The summed E-state index contributed by atoms with van der Waals surface area (Å²) in [6, 6.07) is 0.661. The quantitative estimate of drug-likeness (QED) is 0.599. The van der Waals surface area contributed by atoms with E-state index in [9.17, 15) is 0 Å². The van der Waals surface area contributed by atoms with Crippen LogP contribution in [0.3, 0.4) is 0 Å². The highest BCUT2D eigenvalue weighted by Crippen LogP contribution is 1.99. The van der Waals surface area contributed by atoms with E-state index < -0.39 is 0 Å². The van der Waals surface area contributed by atoms with Gasteiger partial charge in [0.25, 0.3) is 0 Å². The summed E-state index contributed by atoms with van der Waals surface area (Å²) in [5, 5.41) is 3.63. The van der Waals surface area contributed by atoms with Gasteiger partial charge >= 0.3 is 0 Å². The van der Waals surface area contributed by atoms with Crippen molar-refractivity contribution < 1.29 is 0 Å². The molecule has 0 saturated carbocycles. The lowest BCUT2D eigenvalue weighted by Crippen LogP contribution is -2.41. The summed E-state index contributed by atoms with van der Waals surface area (Å²) in [5.41, 5.74) is 0. The molecule has 1 N–H and O–H groups in total. The maximum Gasteiger partial charge on any atom is 0.0192 e. The van der Waals surface area contributed by atoms with Gasteiger partial charge in [-0.25, -0.2) is 0 Å². The normalized spacial score (nSPS) is 13.6. The minimum atomic E-state index is 0.661. The summed E-state index contributed by atoms with van der Waals surface area (Å²) < 4.78 is 0. The van der Waals surface area contributed by atoms with Crippen molar-refractivity contribution in [2.24, 2.45) is 0 Å². The van der Waals surface area contributed by atoms with Crippen molar-refractivity contribution in [2.75, 3.05) is 46.8 Å². The van der Waals surface area contributed by atoms with Gasteiger partial charge in [0.1, 0.15) is 0 Å². The van der Waals surface area contributed by atoms with Crippen molar-refractivity contribution in [1.82, 2.24) is 15.1 Å². The molecule has 0 aliphatic heterocycles. The molecule has 0 spiro atoms. The van der Waals surface area contributed by atoms with Crippen LogP contribution in [-0.2, 0) is 0 Å². The van der Waals surface area contributed by atoms with E-state index >= 15 is 0 Å². The molecule has 0 aliphatic carbocycles. The topological polar surface area (TPSA) is 18.5 Å². The maximum absolute atomic E-state index is 3.63. The Bertz CT molecular complexity index is 160. The maximum atomic E-state index is 3.63. The van der Waals surface area contributed by atoms with Crippen LogP contribution in [0.25, 0.3) is 0 Å². The minimum Gasteiger partial charge on any atom is -0.313 e. The lowest BCUT2D eigenvalue weighted by Gasteiger charge is -2.27. The predicted molar refractivity (Wildman–Crippen MR) is 77.7 cm³/mol. The first-order valence-electron chi connectivity index (χ1n) is 7.24. The van der Waals surface area contributed by atoms with Crippen LogP contribution in [0.1, 0.15) is 40.0 Å². The Balaban J connectivity index is 3.82. The molecular weight excluding hydrogens is 210 g/mol. The van der Waals surface area contributed by atoms with E-state index in [0.717, 1.165) is 13.1 Å². The van der Waals surface area contributed by atoms with Gasteiger partial charge in [-0.3, -0.25) is 0 Å². The largest absolute Gasteiger partial charge is 0.313 e. The highest BCUT2D eigenvalue weighted by atomic mass is 15.1. The molecule has 0 amide bonds. The SMILES string of the molecule is CCCNC(CC)CN(CC)CCCN(C)C. The van der Waals surface area contributed by atoms with E-state index in [1.165, 1.54) is 38.9 Å². The van der Waals surface area contributed by atoms with Crippen molar-refractivity contribution in [3.63, 3.8) is 0 Å². The predicted octanol–water partition coefficient (Wildman–Crippen LogP) is 2.04. The molecule has 17 heavy (non-hydrogen) atoms. The molecule has 0 fully saturated rings. The third-order valence-corrected chi connectivity index (χ3v) is 3.18. The van der Waals surface area contributed by atoms with Gasteiger partial charge in [-0.05, 0) is 59.5 Å². The molecule has 0 heterocycles. The van der Waals surface area contributed by atoms with E-state index in [4.69, 9.17) is 0 Å². The number of nitrogens with one attached hydrogen (secondary N) is 1. The van der Waals surface area contributed by atoms with Crippen LogP contribution in [0.15, 0.2) is 0 Å². The number of rotatable bonds is 11. The van der Waals surface area contributed by atoms with Gasteiger partial charge in [-0.15, -0.1) is 0 Å². The van der Waals surface area contributed by atoms with Gasteiger partial charge < -0.3 is 15.1 Å². The Labute approximate surface area is 109 Å². The Hall–Kier alpha value is -0.120. The number of hydrogen-bond acceptors (Lipinski definition) is 3. The molecule has 1 unspecified atom stereocenters. The van der Waals surface area contributed by atoms with Crippen molar-refractivity contribution in [1.29, 1.82) is 0 Å². The average molecular weight is 243 g/mol. The molecule has 0 aromatic heterocycles. The second-order valence-corrected chi connectivity index (χ2v) is 5.11. The van der Waals surface area contributed by atoms with Crippen molar-refractivity contribution in [3.8, 4) is 0 Å². The third-order valence-electron chi connectivity index (χ3n) is 3.18. The summed E-state index contributed by atoms with van der Waals surface area (Å²) in [5.74, 6) is 0. The number of nitrogens with zero attached hydrogens (tertiary/aromatic N) is 2. The third kappa shape index (κ3) is 9.57. The monoisotopic (exact) mass is 243 g/mol. The first kappa shape index (κ1) is 16.9. The Morgan fingerprint density at radius 2 is 1.76 bits per heavy atom. The lowest BCUT2D eigenvalue weighted by atomic mass is 10.2. The second kappa shape index (κ2) is 11.0. The van der Waals surface area contributed by atoms with E-state index in [-0.39, 0.29) is 0 Å². The molecule has 0 saturated heterocycles. The standard InChI is InChI=1S/C14H33N3/c1-6-10-15-14(7-2)13-17(8-3)12-9-11-16(4)5/h14-15H,6-13H2,1-5H3. The van der Waals surface area contributed by atoms with Crippen LogP contribution >= 0.6 is 0 Å². The zero-order valence-corrected chi connectivity index (χ0v) is 12.6. The highest BCUT2D eigenvalue weighted by molar-refractivity contribution is 4.70. The molecule has 3 heteroatoms. The fraction of sp³-hybridized carbons (Fsp3) is 1.00. The van der Waals surface area contributed by atoms with Crippen LogP contribution in [0.2, 0.25) is 0 Å². The van der Waals surface area contributed by atoms with E-state index in [1.54, 1.807) is 0 Å². The number of hydrogen-bond donors (Lipinski definition) is 1. The van der Waals surface area contributed by atoms with Crippen molar-refractivity contribution >= 4 is 0 Å². The van der Waals surface area contributed by atoms with Gasteiger partial charge in [-0.2, -0.15) is 0 Å². The van der Waals surface area contributed by atoms with Gasteiger partial charge in [-0.1, -0.05) is 20.8 Å². The fourth-order valence-electron chi connectivity index (χ4n) is 1.99. The molecule has 1 atom stereocenters. The van der Waals surface area contributed by atoms with Gasteiger partial charge in [0, 0.05) is 12.6 Å². The number of likely N-dealkylation sites (N-methyl/N-ethyl adjacent to an activating group) is 1. The molecule has 0 bridgehead atoms. The first-order chi connectivity index (χ1) is 8.13. The summed E-state index contributed by atoms with van der Waals surface area (Å²) in [6.07, 6.45) is 3.72. The molecule has 0 rings (SSSR count). The van der Waals surface area contributed by atoms with Crippen LogP contribution < -0.4 is 5.32 Å². The Morgan fingerprint density at radius 1 is 1.06 bits per heavy atom. The summed E-state index contributed by atoms with van der Waals surface area (Å²) >= 11 is 0. The van der Waals surface area contributed by atoms with Gasteiger partial charge in [0.15, 0.2) is 0 Å². The molecule has 0 radical (unpaired) electrons. The molecule has 3 nitrogen and oxygen atoms in total. The lowest BCUT2D eigenvalue weighted by molar-refractivity contribution is 0.236. The molecule has 0 aromatic carbocycles. The zero-order valence-electron chi connectivity index (χ0n) is 12.6. The van der Waals surface area contributed by atoms with Gasteiger partial charge in [0.05, 0.1) is 0 Å². The zero-order chi connectivity index (χ0) is 13.1. The van der Waals surface area contributed by atoms with E-state index in [1.807, 2.05) is 0 Å². The average Bonchev–Trinajstić information content (AvgIpc) is 2.31. The van der Waals surface area contributed by atoms with Crippen LogP contribution in [0.4, 0.5) is 0 Å². The van der Waals surface area contributed by atoms with Crippen LogP contribution in [-0.4, -0.2) is 62.7 Å². The molecular formula is C14H33N3. The molecule has 0 aromatic rings. The van der Waals surface area contributed by atoms with Crippen molar-refractivity contribution in [2.45, 2.75) is 46.1 Å². The second-order valence-electron chi connectivity index (χ2n) is 5.11. The molecule has 104 valence electrons. The fourth-order valence-corrected chi connectivity index (χ4v) is 1.99. The summed E-state index contributed by atoms with van der Waals surface area (Å²) in [6.45, 7) is 12.7. The van der Waals surface area contributed by atoms with Crippen LogP contribution in [0.5, 0.6) is 0 Å². The minimum absolute atomic E-state index is 0.661. The van der Waals surface area contributed by atoms with Gasteiger partial charge in [0.2, 0.25) is 0 Å². The Kier molecular flexibility index (Phi) is 10.9. The van der Waals surface area contributed by atoms with Crippen molar-refractivity contribution in [3.05, 3.63) is 0 Å². The Morgan fingerprint density at radius 3 is 2.24 bits per heavy atom. The van der Waals surface area contributed by atoms with E-state index in [2.05, 4.69) is 50.0 Å². The first-order valence-corrected chi connectivity index (χ1v) is 7.24. The van der Waals surface area contributed by atoms with E-state index in [0.29, 0.717) is 6.04 Å². The molecule has 0 aliphatic rings. The van der Waals surface area contributed by atoms with Crippen LogP contribution in [0, 0.1) is 0 Å².